The molecule has 0 radical (unpaired) electrons. The summed E-state index contributed by atoms with van der Waals surface area (Å²) in [4.78, 5) is 28.4. The van der Waals surface area contributed by atoms with Gasteiger partial charge in [-0.2, -0.15) is 5.10 Å². The van der Waals surface area contributed by atoms with Crippen LogP contribution < -0.4 is 5.43 Å². The Hall–Kier alpha value is -2.30. The summed E-state index contributed by atoms with van der Waals surface area (Å²) in [6.45, 7) is 8.30. The Balaban J connectivity index is 2.68. The average Bonchev–Trinajstić information content (AvgIpc) is 2.61. The zero-order valence-corrected chi connectivity index (χ0v) is 15.0. The number of aliphatic imine (C=N–C) groups is 1. The maximum atomic E-state index is 12.2. The van der Waals surface area contributed by atoms with E-state index in [4.69, 9.17) is 0 Å². The molecule has 2 atom stereocenters. The number of hydrogen-bond donors (Lipinski definition) is 1. The van der Waals surface area contributed by atoms with E-state index in [1.165, 1.54) is 0 Å². The normalized spacial score (nSPS) is 14.0. The van der Waals surface area contributed by atoms with Gasteiger partial charge in [-0.15, -0.1) is 0 Å². The Morgan fingerprint density at radius 3 is 2.38 bits per heavy atom. The number of amides is 1. The lowest BCUT2D eigenvalue weighted by Gasteiger charge is -2.04. The van der Waals surface area contributed by atoms with Gasteiger partial charge in [0.05, 0.1) is 0 Å². The van der Waals surface area contributed by atoms with Crippen LogP contribution in [0.5, 0.6) is 0 Å². The van der Waals surface area contributed by atoms with Crippen LogP contribution in [0.4, 0.5) is 0 Å². The van der Waals surface area contributed by atoms with E-state index in [9.17, 15) is 9.59 Å². The smallest absolute Gasteiger partial charge is 0.271 e. The van der Waals surface area contributed by atoms with Crippen molar-refractivity contribution in [3.05, 3.63) is 35.4 Å². The van der Waals surface area contributed by atoms with Gasteiger partial charge in [0.1, 0.15) is 6.54 Å². The number of Topliss-reactive ketones (excluding diaryl/α,β-unsaturated/α-hetero) is 1. The molecule has 0 fully saturated rings. The molecule has 1 amide bonds. The number of carbonyl (C=O) groups excluding carboxylic acids is 2. The third-order valence-electron chi connectivity index (χ3n) is 3.82. The molecule has 0 aliphatic rings. The number of rotatable bonds is 9. The van der Waals surface area contributed by atoms with Crippen LogP contribution in [-0.2, 0) is 0 Å². The standard InChI is InChI=1S/C19H27N3O2/c1-5-14(3)11-20-13-18(23)16-8-7-9-17(10-16)19(24)22-21-12-15(4)6-2/h7-12,14-15H,5-6,13H2,1-4H3,(H,22,24)/b20-11+,21-12+. The maximum Gasteiger partial charge on any atom is 0.271 e. The van der Waals surface area contributed by atoms with E-state index >= 15 is 0 Å². The Labute approximate surface area is 144 Å². The number of carbonyl (C=O) groups is 2. The molecule has 0 saturated heterocycles. The third kappa shape index (κ3) is 6.86. The molecular formula is C19H27N3O2. The molecule has 1 N–H and O–H groups in total. The lowest BCUT2D eigenvalue weighted by Crippen LogP contribution is -2.19. The number of hydrazone groups is 1. The van der Waals surface area contributed by atoms with E-state index in [1.54, 1.807) is 36.7 Å². The third-order valence-corrected chi connectivity index (χ3v) is 3.82. The van der Waals surface area contributed by atoms with Crippen molar-refractivity contribution >= 4 is 24.1 Å². The molecule has 0 heterocycles. The Morgan fingerprint density at radius 1 is 1.08 bits per heavy atom. The summed E-state index contributed by atoms with van der Waals surface area (Å²) < 4.78 is 0. The average molecular weight is 329 g/mol. The van der Waals surface area contributed by atoms with Crippen LogP contribution in [0.3, 0.4) is 0 Å². The fourth-order valence-electron chi connectivity index (χ4n) is 1.74. The monoisotopic (exact) mass is 329 g/mol. The molecule has 1 rings (SSSR count). The van der Waals surface area contributed by atoms with Crippen molar-refractivity contribution in [3.63, 3.8) is 0 Å². The van der Waals surface area contributed by atoms with Crippen molar-refractivity contribution in [2.24, 2.45) is 21.9 Å². The van der Waals surface area contributed by atoms with Gasteiger partial charge in [-0.05, 0) is 36.8 Å². The quantitative estimate of drug-likeness (QED) is 0.426. The van der Waals surface area contributed by atoms with Crippen molar-refractivity contribution in [1.82, 2.24) is 5.43 Å². The molecule has 5 nitrogen and oxygen atoms in total. The van der Waals surface area contributed by atoms with E-state index < -0.39 is 0 Å². The molecule has 24 heavy (non-hydrogen) atoms. The zero-order chi connectivity index (χ0) is 17.9. The highest BCUT2D eigenvalue weighted by molar-refractivity contribution is 6.01. The Bertz CT molecular complexity index is 559. The van der Waals surface area contributed by atoms with Crippen molar-refractivity contribution in [2.75, 3.05) is 6.54 Å². The molecular weight excluding hydrogens is 302 g/mol. The van der Waals surface area contributed by atoms with E-state index in [0.717, 1.165) is 12.8 Å². The first kappa shape index (κ1) is 19.7. The lowest BCUT2D eigenvalue weighted by atomic mass is 10.1. The van der Waals surface area contributed by atoms with Crippen LogP contribution in [0.1, 0.15) is 61.3 Å². The van der Waals surface area contributed by atoms with Gasteiger partial charge in [0, 0.05) is 23.6 Å². The van der Waals surface area contributed by atoms with Crippen molar-refractivity contribution in [1.29, 1.82) is 0 Å². The van der Waals surface area contributed by atoms with E-state index in [0.29, 0.717) is 23.0 Å². The van der Waals surface area contributed by atoms with Crippen molar-refractivity contribution < 1.29 is 9.59 Å². The van der Waals surface area contributed by atoms with Gasteiger partial charge in [0.25, 0.3) is 5.91 Å². The molecule has 0 aliphatic heterocycles. The van der Waals surface area contributed by atoms with Crippen LogP contribution in [0.2, 0.25) is 0 Å². The second kappa shape index (κ2) is 10.5. The minimum Gasteiger partial charge on any atom is -0.292 e. The predicted octanol–water partition coefficient (Wildman–Crippen LogP) is 3.75. The topological polar surface area (TPSA) is 70.9 Å². The van der Waals surface area contributed by atoms with Crippen LogP contribution >= 0.6 is 0 Å². The van der Waals surface area contributed by atoms with E-state index in [1.807, 2.05) is 6.92 Å². The Kier molecular flexibility index (Phi) is 8.61. The van der Waals surface area contributed by atoms with Gasteiger partial charge < -0.3 is 0 Å². The summed E-state index contributed by atoms with van der Waals surface area (Å²) in [6.07, 6.45) is 5.46. The fraction of sp³-hybridized carbons (Fsp3) is 0.474. The summed E-state index contributed by atoms with van der Waals surface area (Å²) in [5.41, 5.74) is 3.38. The molecule has 5 heteroatoms. The van der Waals surface area contributed by atoms with Crippen LogP contribution in [0.25, 0.3) is 0 Å². The first-order chi connectivity index (χ1) is 11.5. The minimum atomic E-state index is -0.327. The number of nitrogens with zero attached hydrogens (tertiary/aromatic N) is 2. The van der Waals surface area contributed by atoms with Gasteiger partial charge in [0.2, 0.25) is 0 Å². The lowest BCUT2D eigenvalue weighted by molar-refractivity contribution is 0.0955. The van der Waals surface area contributed by atoms with Gasteiger partial charge in [-0.3, -0.25) is 14.6 Å². The van der Waals surface area contributed by atoms with Crippen LogP contribution in [0, 0.1) is 11.8 Å². The molecule has 0 aromatic heterocycles. The van der Waals surface area contributed by atoms with Gasteiger partial charge in [0.15, 0.2) is 5.78 Å². The van der Waals surface area contributed by atoms with E-state index in [2.05, 4.69) is 36.3 Å². The summed E-state index contributed by atoms with van der Waals surface area (Å²) in [6, 6.07) is 6.63. The van der Waals surface area contributed by atoms with Gasteiger partial charge >= 0.3 is 0 Å². The second-order valence-electron chi connectivity index (χ2n) is 5.98. The molecule has 0 aliphatic carbocycles. The first-order valence-corrected chi connectivity index (χ1v) is 8.44. The zero-order valence-electron chi connectivity index (χ0n) is 15.0. The highest BCUT2D eigenvalue weighted by atomic mass is 16.2. The molecule has 1 aromatic carbocycles. The SMILES string of the molecule is CCC(C)/C=N/CC(=O)c1cccc(C(=O)N/N=C/C(C)CC)c1. The Morgan fingerprint density at radius 2 is 1.71 bits per heavy atom. The van der Waals surface area contributed by atoms with Crippen LogP contribution in [0.15, 0.2) is 34.4 Å². The summed E-state index contributed by atoms with van der Waals surface area (Å²) >= 11 is 0. The van der Waals surface area contributed by atoms with Gasteiger partial charge in [-0.25, -0.2) is 5.43 Å². The first-order valence-electron chi connectivity index (χ1n) is 8.44. The number of hydrogen-bond acceptors (Lipinski definition) is 4. The highest BCUT2D eigenvalue weighted by Gasteiger charge is 2.10. The summed E-state index contributed by atoms with van der Waals surface area (Å²) in [5, 5.41) is 3.94. The fourth-order valence-corrected chi connectivity index (χ4v) is 1.74. The molecule has 0 spiro atoms. The highest BCUT2D eigenvalue weighted by Crippen LogP contribution is 2.07. The van der Waals surface area contributed by atoms with Crippen LogP contribution in [-0.4, -0.2) is 30.7 Å². The number of ketones is 1. The van der Waals surface area contributed by atoms with Gasteiger partial charge in [-0.1, -0.05) is 39.8 Å². The predicted molar refractivity (Wildman–Crippen MR) is 99.0 cm³/mol. The molecule has 2 unspecified atom stereocenters. The second-order valence-corrected chi connectivity index (χ2v) is 5.98. The molecule has 0 saturated carbocycles. The molecule has 130 valence electrons. The van der Waals surface area contributed by atoms with Crippen molar-refractivity contribution in [2.45, 2.75) is 40.5 Å². The van der Waals surface area contributed by atoms with E-state index in [-0.39, 0.29) is 18.2 Å². The maximum absolute atomic E-state index is 12.2. The largest absolute Gasteiger partial charge is 0.292 e. The van der Waals surface area contributed by atoms with Crippen molar-refractivity contribution in [3.8, 4) is 0 Å². The molecule has 0 bridgehead atoms. The minimum absolute atomic E-state index is 0.0988. The summed E-state index contributed by atoms with van der Waals surface area (Å²) in [7, 11) is 0. The number of nitrogens with one attached hydrogen (secondary N) is 1. The summed E-state index contributed by atoms with van der Waals surface area (Å²) in [5.74, 6) is 0.236. The molecule has 1 aromatic rings. The number of benzene rings is 1.